The van der Waals surface area contributed by atoms with Gasteiger partial charge in [0, 0.05) is 31.0 Å². The molecule has 17 heavy (non-hydrogen) atoms. The topological polar surface area (TPSA) is 29.9 Å². The summed E-state index contributed by atoms with van der Waals surface area (Å²) in [5.74, 6) is -0.217. The van der Waals surface area contributed by atoms with Crippen molar-refractivity contribution < 1.29 is 4.39 Å². The number of halogens is 1. The summed E-state index contributed by atoms with van der Waals surface area (Å²) in [6.45, 7) is 2.80. The molecule has 0 radical (unpaired) electrons. The van der Waals surface area contributed by atoms with E-state index >= 15 is 0 Å². The Morgan fingerprint density at radius 2 is 2.00 bits per heavy atom. The number of nitrogens with zero attached hydrogens (tertiary/aromatic N) is 2. The molecule has 1 aromatic heterocycles. The van der Waals surface area contributed by atoms with Crippen LogP contribution in [0.15, 0.2) is 30.5 Å². The number of anilines is 1. The van der Waals surface area contributed by atoms with E-state index in [4.69, 9.17) is 0 Å². The number of aryl methyl sites for hydroxylation is 2. The van der Waals surface area contributed by atoms with Crippen molar-refractivity contribution in [3.63, 3.8) is 0 Å². The van der Waals surface area contributed by atoms with E-state index in [1.165, 1.54) is 17.7 Å². The minimum absolute atomic E-state index is 0.217. The molecule has 2 aromatic rings. The van der Waals surface area contributed by atoms with Crippen LogP contribution in [-0.2, 0) is 20.0 Å². The second-order valence-electron chi connectivity index (χ2n) is 3.99. The number of aromatic nitrogens is 2. The lowest BCUT2D eigenvalue weighted by molar-refractivity contribution is 0.628. The van der Waals surface area contributed by atoms with Crippen molar-refractivity contribution in [2.24, 2.45) is 7.05 Å². The van der Waals surface area contributed by atoms with Gasteiger partial charge < -0.3 is 5.32 Å². The molecule has 0 unspecified atom stereocenters. The number of benzene rings is 1. The van der Waals surface area contributed by atoms with Gasteiger partial charge in [-0.15, -0.1) is 0 Å². The number of nitrogens with one attached hydrogen (secondary N) is 1. The third-order valence-electron chi connectivity index (χ3n) is 2.65. The summed E-state index contributed by atoms with van der Waals surface area (Å²) in [5.41, 5.74) is 3.19. The van der Waals surface area contributed by atoms with Crippen molar-refractivity contribution in [3.8, 4) is 0 Å². The maximum atomic E-state index is 12.7. The molecule has 0 bridgehead atoms. The van der Waals surface area contributed by atoms with Crippen LogP contribution in [0.5, 0.6) is 0 Å². The predicted octanol–water partition coefficient (Wildman–Crippen LogP) is 2.73. The van der Waals surface area contributed by atoms with Crippen LogP contribution in [-0.4, -0.2) is 9.78 Å². The normalized spacial score (nSPS) is 10.5. The van der Waals surface area contributed by atoms with Gasteiger partial charge in [-0.2, -0.15) is 5.10 Å². The zero-order valence-corrected chi connectivity index (χ0v) is 10.1. The van der Waals surface area contributed by atoms with Gasteiger partial charge in [-0.1, -0.05) is 6.92 Å². The van der Waals surface area contributed by atoms with E-state index in [1.807, 2.05) is 17.9 Å². The highest BCUT2D eigenvalue weighted by atomic mass is 19.1. The summed E-state index contributed by atoms with van der Waals surface area (Å²) >= 11 is 0. The molecule has 0 fully saturated rings. The molecule has 3 nitrogen and oxygen atoms in total. The summed E-state index contributed by atoms with van der Waals surface area (Å²) in [7, 11) is 1.92. The first-order valence-electron chi connectivity index (χ1n) is 5.70. The lowest BCUT2D eigenvalue weighted by Gasteiger charge is -2.05. The summed E-state index contributed by atoms with van der Waals surface area (Å²) in [4.78, 5) is 0. The van der Waals surface area contributed by atoms with Gasteiger partial charge in [-0.05, 0) is 30.7 Å². The van der Waals surface area contributed by atoms with Gasteiger partial charge >= 0.3 is 0 Å². The molecule has 0 aliphatic carbocycles. The Morgan fingerprint density at radius 3 is 2.65 bits per heavy atom. The Labute approximate surface area is 100 Å². The van der Waals surface area contributed by atoms with Crippen LogP contribution in [0.25, 0.3) is 0 Å². The Balaban J connectivity index is 2.04. The van der Waals surface area contributed by atoms with E-state index in [0.717, 1.165) is 17.8 Å². The zero-order chi connectivity index (χ0) is 12.3. The number of hydrogen-bond acceptors (Lipinski definition) is 2. The summed E-state index contributed by atoms with van der Waals surface area (Å²) in [5, 5.41) is 7.63. The van der Waals surface area contributed by atoms with Crippen molar-refractivity contribution in [3.05, 3.63) is 47.5 Å². The molecular formula is C13H16FN3. The summed E-state index contributed by atoms with van der Waals surface area (Å²) in [6.07, 6.45) is 2.93. The van der Waals surface area contributed by atoms with E-state index in [2.05, 4.69) is 17.3 Å². The first-order valence-corrected chi connectivity index (χ1v) is 5.70. The lowest BCUT2D eigenvalue weighted by Crippen LogP contribution is -2.00. The van der Waals surface area contributed by atoms with E-state index in [0.29, 0.717) is 6.54 Å². The van der Waals surface area contributed by atoms with Gasteiger partial charge in [0.2, 0.25) is 0 Å². The van der Waals surface area contributed by atoms with Gasteiger partial charge in [-0.3, -0.25) is 4.68 Å². The van der Waals surface area contributed by atoms with Crippen LogP contribution in [0.2, 0.25) is 0 Å². The Kier molecular flexibility index (Phi) is 3.42. The van der Waals surface area contributed by atoms with Gasteiger partial charge in [0.1, 0.15) is 5.82 Å². The molecule has 0 aliphatic rings. The number of hydrogen-bond donors (Lipinski definition) is 1. The molecule has 0 saturated heterocycles. The fourth-order valence-corrected chi connectivity index (χ4v) is 1.79. The molecule has 4 heteroatoms. The molecule has 2 rings (SSSR count). The SMILES string of the molecule is CCc1nn(C)cc1CNc1ccc(F)cc1. The van der Waals surface area contributed by atoms with E-state index in [9.17, 15) is 4.39 Å². The lowest BCUT2D eigenvalue weighted by atomic mass is 10.2. The zero-order valence-electron chi connectivity index (χ0n) is 10.1. The molecule has 0 spiro atoms. The minimum Gasteiger partial charge on any atom is -0.381 e. The van der Waals surface area contributed by atoms with Gasteiger partial charge in [0.25, 0.3) is 0 Å². The average Bonchev–Trinajstić information content (AvgIpc) is 2.69. The fraction of sp³-hybridized carbons (Fsp3) is 0.308. The highest BCUT2D eigenvalue weighted by molar-refractivity contribution is 5.43. The maximum absolute atomic E-state index is 12.7. The molecule has 0 saturated carbocycles. The third kappa shape index (κ3) is 2.84. The predicted molar refractivity (Wildman–Crippen MR) is 66.3 cm³/mol. The Bertz CT molecular complexity index is 488. The largest absolute Gasteiger partial charge is 0.381 e. The standard InChI is InChI=1S/C13H16FN3/c1-3-13-10(9-17(2)16-13)8-15-12-6-4-11(14)5-7-12/h4-7,9,15H,3,8H2,1-2H3. The van der Waals surface area contributed by atoms with Crippen LogP contribution in [0.4, 0.5) is 10.1 Å². The average molecular weight is 233 g/mol. The molecule has 1 heterocycles. The van der Waals surface area contributed by atoms with E-state index < -0.39 is 0 Å². The first-order chi connectivity index (χ1) is 8.19. The Hall–Kier alpha value is -1.84. The van der Waals surface area contributed by atoms with Crippen LogP contribution in [0.1, 0.15) is 18.2 Å². The summed E-state index contributed by atoms with van der Waals surface area (Å²) < 4.78 is 14.6. The van der Waals surface area contributed by atoms with Crippen molar-refractivity contribution in [1.82, 2.24) is 9.78 Å². The van der Waals surface area contributed by atoms with Crippen molar-refractivity contribution in [2.45, 2.75) is 19.9 Å². The quantitative estimate of drug-likeness (QED) is 0.880. The molecule has 1 N–H and O–H groups in total. The van der Waals surface area contributed by atoms with Gasteiger partial charge in [-0.25, -0.2) is 4.39 Å². The van der Waals surface area contributed by atoms with Crippen LogP contribution in [0.3, 0.4) is 0 Å². The third-order valence-corrected chi connectivity index (χ3v) is 2.65. The maximum Gasteiger partial charge on any atom is 0.123 e. The van der Waals surface area contributed by atoms with Crippen LogP contribution < -0.4 is 5.32 Å². The van der Waals surface area contributed by atoms with Gasteiger partial charge in [0.05, 0.1) is 5.69 Å². The Morgan fingerprint density at radius 1 is 1.29 bits per heavy atom. The van der Waals surface area contributed by atoms with E-state index in [-0.39, 0.29) is 5.82 Å². The fourth-order valence-electron chi connectivity index (χ4n) is 1.79. The monoisotopic (exact) mass is 233 g/mol. The van der Waals surface area contributed by atoms with Crippen LogP contribution in [0, 0.1) is 5.82 Å². The molecule has 0 amide bonds. The highest BCUT2D eigenvalue weighted by Crippen LogP contribution is 2.12. The molecule has 90 valence electrons. The van der Waals surface area contributed by atoms with Crippen LogP contribution >= 0.6 is 0 Å². The van der Waals surface area contributed by atoms with Gasteiger partial charge in [0.15, 0.2) is 0 Å². The van der Waals surface area contributed by atoms with Crippen molar-refractivity contribution in [1.29, 1.82) is 0 Å². The number of rotatable bonds is 4. The second kappa shape index (κ2) is 4.99. The highest BCUT2D eigenvalue weighted by Gasteiger charge is 2.05. The molecular weight excluding hydrogens is 217 g/mol. The second-order valence-corrected chi connectivity index (χ2v) is 3.99. The first kappa shape index (κ1) is 11.6. The summed E-state index contributed by atoms with van der Waals surface area (Å²) in [6, 6.07) is 6.37. The smallest absolute Gasteiger partial charge is 0.123 e. The van der Waals surface area contributed by atoms with Crippen molar-refractivity contribution >= 4 is 5.69 Å². The van der Waals surface area contributed by atoms with Crippen molar-refractivity contribution in [2.75, 3.05) is 5.32 Å². The molecule has 1 aromatic carbocycles. The molecule has 0 aliphatic heterocycles. The minimum atomic E-state index is -0.217. The van der Waals surface area contributed by atoms with E-state index in [1.54, 1.807) is 12.1 Å². The molecule has 0 atom stereocenters.